The van der Waals surface area contributed by atoms with Gasteiger partial charge < -0.3 is 4.74 Å². The van der Waals surface area contributed by atoms with Crippen LogP contribution in [0, 0.1) is 0 Å². The normalized spacial score (nSPS) is 15.8. The molecule has 1 amide bonds. The predicted molar refractivity (Wildman–Crippen MR) is 150 cm³/mol. The van der Waals surface area contributed by atoms with Gasteiger partial charge in [-0.25, -0.2) is 0 Å². The first-order chi connectivity index (χ1) is 19.3. The monoisotopic (exact) mass is 705 g/mol. The van der Waals surface area contributed by atoms with Crippen molar-refractivity contribution in [1.82, 2.24) is 19.7 Å². The molecule has 0 saturated carbocycles. The minimum atomic E-state index is -0.413. The van der Waals surface area contributed by atoms with Crippen LogP contribution in [0.5, 0.6) is 5.75 Å². The van der Waals surface area contributed by atoms with Gasteiger partial charge in [0.05, 0.1) is 18.8 Å². The molecule has 0 radical (unpaired) electrons. The van der Waals surface area contributed by atoms with Crippen LogP contribution >= 0.6 is 0 Å². The third-order valence-corrected chi connectivity index (χ3v) is 8.58. The summed E-state index contributed by atoms with van der Waals surface area (Å²) in [5.74, 6) is 0.727. The van der Waals surface area contributed by atoms with E-state index in [1.54, 1.807) is 13.3 Å². The van der Waals surface area contributed by atoms with Crippen molar-refractivity contribution in [3.05, 3.63) is 83.3 Å². The number of aryl methyl sites for hydroxylation is 1. The molecule has 1 aliphatic heterocycles. The van der Waals surface area contributed by atoms with Gasteiger partial charge in [-0.15, -0.1) is 0 Å². The average molecular weight is 705 g/mol. The van der Waals surface area contributed by atoms with Crippen molar-refractivity contribution in [2.45, 2.75) is 32.2 Å². The average Bonchev–Trinajstić information content (AvgIpc) is 3.36. The number of methoxy groups -OCH3 is 1. The van der Waals surface area contributed by atoms with Crippen LogP contribution in [0.25, 0.3) is 28.1 Å². The van der Waals surface area contributed by atoms with Crippen molar-refractivity contribution in [3.63, 3.8) is 0 Å². The van der Waals surface area contributed by atoms with E-state index in [-0.39, 0.29) is 5.91 Å². The molecule has 6 rings (SSSR count). The molecule has 9 heteroatoms. The Balaban J connectivity index is 1.56. The number of hydrogen-bond donors (Lipinski definition) is 1. The molecule has 1 saturated heterocycles. The number of nitrogens with two attached hydrogens (primary N) is 1. The van der Waals surface area contributed by atoms with Crippen LogP contribution in [0.4, 0.5) is 0 Å². The SMILES string of the molecule is COc1cc2c(cc1-c1cncc([C](N)=[W])c1)-c1c(c(C(=O)N3CCOCC3(C)C)nn1-c1ccccc1)CC2. The number of para-hydroxylation sites is 1. The fourth-order valence-electron chi connectivity index (χ4n) is 5.68. The number of benzene rings is 2. The zero-order valence-corrected chi connectivity index (χ0v) is 25.7. The van der Waals surface area contributed by atoms with Gasteiger partial charge in [0.2, 0.25) is 0 Å². The molecule has 1 fully saturated rings. The molecule has 0 atom stereocenters. The number of hydrogen-bond acceptors (Lipinski definition) is 6. The standard InChI is InChI=1S/C31H31N5O3.W/c1-31(2)19-39-12-11-35(31)30(37)28-24-10-9-21-14-27(38-3)25(22-13-20(16-32)17-33-18-22)15-26(21)29(24)36(34-28)23-7-5-4-6-8-23;/h4-8,13-15,17-18H,9-12,19,32H2,1-3H3;. The Morgan fingerprint density at radius 3 is 2.62 bits per heavy atom. The molecule has 204 valence electrons. The van der Waals surface area contributed by atoms with Crippen molar-refractivity contribution in [3.8, 4) is 33.8 Å². The topological polar surface area (TPSA) is 95.5 Å². The summed E-state index contributed by atoms with van der Waals surface area (Å²) in [6.07, 6.45) is 5.11. The zero-order chi connectivity index (χ0) is 28.0. The van der Waals surface area contributed by atoms with E-state index in [1.807, 2.05) is 66.0 Å². The van der Waals surface area contributed by atoms with Crippen LogP contribution in [-0.2, 0) is 36.9 Å². The molecular formula is C31H31N5O3W. The van der Waals surface area contributed by atoms with Crippen LogP contribution in [0.1, 0.15) is 41.0 Å². The second-order valence-corrected chi connectivity index (χ2v) is 12.4. The van der Waals surface area contributed by atoms with E-state index in [9.17, 15) is 4.79 Å². The van der Waals surface area contributed by atoms with E-state index in [0.29, 0.717) is 31.9 Å². The number of carbonyl (C=O) groups excluding carboxylic acids is 1. The molecule has 1 aliphatic carbocycles. The summed E-state index contributed by atoms with van der Waals surface area (Å²) in [5.41, 5.74) is 14.0. The molecular weight excluding hydrogens is 674 g/mol. The van der Waals surface area contributed by atoms with E-state index in [1.165, 1.54) is 19.4 Å². The molecule has 2 N–H and O–H groups in total. The second-order valence-electron chi connectivity index (χ2n) is 10.8. The van der Waals surface area contributed by atoms with Gasteiger partial charge in [-0.3, -0.25) is 0 Å². The van der Waals surface area contributed by atoms with Crippen LogP contribution in [-0.4, -0.2) is 62.0 Å². The number of nitrogens with zero attached hydrogens (tertiary/aromatic N) is 4. The summed E-state index contributed by atoms with van der Waals surface area (Å²) in [6.45, 7) is 5.66. The maximum absolute atomic E-state index is 14.1. The van der Waals surface area contributed by atoms with Crippen molar-refractivity contribution < 1.29 is 33.6 Å². The maximum atomic E-state index is 14.1. The van der Waals surface area contributed by atoms with Gasteiger partial charge >= 0.3 is 195 Å². The third-order valence-electron chi connectivity index (χ3n) is 7.74. The van der Waals surface area contributed by atoms with Gasteiger partial charge in [-0.1, -0.05) is 6.07 Å². The van der Waals surface area contributed by atoms with Crippen LogP contribution in [0.15, 0.2) is 60.9 Å². The van der Waals surface area contributed by atoms with Crippen molar-refractivity contribution in [2.24, 2.45) is 5.73 Å². The van der Waals surface area contributed by atoms with Crippen LogP contribution in [0.3, 0.4) is 0 Å². The summed E-state index contributed by atoms with van der Waals surface area (Å²) in [4.78, 5) is 20.4. The Morgan fingerprint density at radius 2 is 1.90 bits per heavy atom. The van der Waals surface area contributed by atoms with E-state index < -0.39 is 5.54 Å². The van der Waals surface area contributed by atoms with Crippen molar-refractivity contribution >= 4 is 9.93 Å². The number of fused-ring (bicyclic) bond motifs is 3. The number of aromatic nitrogens is 3. The second kappa shape index (κ2) is 10.5. The fraction of sp³-hybridized carbons (Fsp3) is 0.290. The Morgan fingerprint density at radius 1 is 1.10 bits per heavy atom. The van der Waals surface area contributed by atoms with E-state index >= 15 is 0 Å². The molecule has 4 aromatic rings. The van der Waals surface area contributed by atoms with Gasteiger partial charge in [0, 0.05) is 6.54 Å². The molecule has 0 bridgehead atoms. The first-order valence-electron chi connectivity index (χ1n) is 13.3. The number of ether oxygens (including phenoxy) is 2. The first kappa shape index (κ1) is 26.8. The third kappa shape index (κ3) is 4.64. The first-order valence-corrected chi connectivity index (χ1v) is 14.8. The van der Waals surface area contributed by atoms with Crippen LogP contribution in [0.2, 0.25) is 0 Å². The number of amides is 1. The molecule has 2 aliphatic rings. The van der Waals surface area contributed by atoms with E-state index in [0.717, 1.165) is 61.0 Å². The molecule has 2 aromatic carbocycles. The molecule has 2 aromatic heterocycles. The predicted octanol–water partition coefficient (Wildman–Crippen LogP) is 3.94. The quantitative estimate of drug-likeness (QED) is 0.338. The molecule has 0 unspecified atom stereocenters. The molecule has 3 heterocycles. The van der Waals surface area contributed by atoms with Crippen molar-refractivity contribution in [2.75, 3.05) is 26.9 Å². The number of carbonyl (C=O) groups is 1. The Labute approximate surface area is 244 Å². The molecule has 0 spiro atoms. The Hall–Kier alpha value is -3.45. The van der Waals surface area contributed by atoms with Crippen molar-refractivity contribution in [1.29, 1.82) is 0 Å². The zero-order valence-electron chi connectivity index (χ0n) is 22.8. The number of morpholine rings is 1. The van der Waals surface area contributed by atoms with E-state index in [2.05, 4.69) is 17.1 Å². The van der Waals surface area contributed by atoms with E-state index in [4.69, 9.17) is 20.3 Å². The minimum absolute atomic E-state index is 0.0511. The summed E-state index contributed by atoms with van der Waals surface area (Å²) in [5, 5.41) is 5.01. The summed E-state index contributed by atoms with van der Waals surface area (Å²) in [7, 11) is 1.69. The number of rotatable bonds is 5. The summed E-state index contributed by atoms with van der Waals surface area (Å²) in [6, 6.07) is 16.3. The Bertz CT molecular complexity index is 1630. The molecule has 40 heavy (non-hydrogen) atoms. The van der Waals surface area contributed by atoms with Gasteiger partial charge in [0.25, 0.3) is 0 Å². The molecule has 8 nitrogen and oxygen atoms in total. The summed E-state index contributed by atoms with van der Waals surface area (Å²) >= 11 is 1.20. The summed E-state index contributed by atoms with van der Waals surface area (Å²) < 4.78 is 14.3. The number of pyridine rings is 1. The Kier molecular flexibility index (Phi) is 7.03. The van der Waals surface area contributed by atoms with Gasteiger partial charge in [0.15, 0.2) is 0 Å². The van der Waals surface area contributed by atoms with Crippen LogP contribution < -0.4 is 10.5 Å². The van der Waals surface area contributed by atoms with Gasteiger partial charge in [-0.05, 0) is 13.8 Å². The van der Waals surface area contributed by atoms with Gasteiger partial charge in [-0.2, -0.15) is 0 Å². The van der Waals surface area contributed by atoms with Gasteiger partial charge in [0.1, 0.15) is 0 Å². The fourth-order valence-corrected chi connectivity index (χ4v) is 6.08.